The Morgan fingerprint density at radius 3 is 0.840 bits per heavy atom. The van der Waals surface area contributed by atoms with Crippen LogP contribution in [0.5, 0.6) is 0 Å². The van der Waals surface area contributed by atoms with Crippen LogP contribution in [0, 0.1) is 0 Å². The summed E-state index contributed by atoms with van der Waals surface area (Å²) in [6.45, 7) is 6.93. The first-order valence-corrected chi connectivity index (χ1v) is 20.8. The van der Waals surface area contributed by atoms with E-state index in [0.29, 0.717) is 12.8 Å². The zero-order valence-corrected chi connectivity index (χ0v) is 32.5. The van der Waals surface area contributed by atoms with Crippen molar-refractivity contribution in [1.29, 1.82) is 0 Å². The van der Waals surface area contributed by atoms with Crippen LogP contribution in [0.25, 0.3) is 0 Å². The van der Waals surface area contributed by atoms with Crippen molar-refractivity contribution in [3.63, 3.8) is 0 Å². The molecule has 2 aromatic heterocycles. The molecule has 2 rings (SSSR count). The predicted octanol–water partition coefficient (Wildman–Crippen LogP) is 9.40. The smallest absolute Gasteiger partial charge is 0.168 e. The highest BCUT2D eigenvalue weighted by molar-refractivity contribution is 5.65. The van der Waals surface area contributed by atoms with Gasteiger partial charge in [0.1, 0.15) is 13.1 Å². The minimum Gasteiger partial charge on any atom is -0.550 e. The second-order valence-corrected chi connectivity index (χ2v) is 14.0. The minimum atomic E-state index is -1.14. The van der Waals surface area contributed by atoms with Gasteiger partial charge < -0.3 is 19.8 Å². The summed E-state index contributed by atoms with van der Waals surface area (Å²) in [5.41, 5.74) is 0. The van der Waals surface area contributed by atoms with E-state index in [9.17, 15) is 19.8 Å². The molecule has 6 heteroatoms. The molecule has 0 amide bonds. The number of unbranched alkanes of at least 4 members (excludes halogenated alkanes) is 23. The first-order valence-electron chi connectivity index (χ1n) is 20.8. The molecule has 0 aliphatic heterocycles. The molecule has 0 atom stereocenters. The van der Waals surface area contributed by atoms with E-state index in [0.717, 1.165) is 0 Å². The molecule has 0 spiro atoms. The van der Waals surface area contributed by atoms with Gasteiger partial charge in [0.05, 0.1) is 0 Å². The van der Waals surface area contributed by atoms with Gasteiger partial charge in [0.15, 0.2) is 24.8 Å². The van der Waals surface area contributed by atoms with Crippen LogP contribution in [0.1, 0.15) is 194 Å². The van der Waals surface area contributed by atoms with Crippen molar-refractivity contribution in [2.45, 2.75) is 207 Å². The van der Waals surface area contributed by atoms with Crippen molar-refractivity contribution in [3.8, 4) is 0 Å². The van der Waals surface area contributed by atoms with Gasteiger partial charge in [-0.1, -0.05) is 154 Å². The molecule has 50 heavy (non-hydrogen) atoms. The molecule has 0 radical (unpaired) electrons. The number of carboxylic acid groups (broad SMARTS) is 2. The second-order valence-electron chi connectivity index (χ2n) is 14.0. The summed E-state index contributed by atoms with van der Waals surface area (Å²) in [6.07, 6.45) is 43.4. The Labute approximate surface area is 308 Å². The van der Waals surface area contributed by atoms with Crippen LogP contribution < -0.4 is 19.3 Å². The molecule has 2 heterocycles. The largest absolute Gasteiger partial charge is 0.550 e. The topological polar surface area (TPSA) is 88.0 Å². The highest BCUT2D eigenvalue weighted by atomic mass is 16.4. The fraction of sp³-hybridized carbons (Fsp3) is 0.727. The lowest BCUT2D eigenvalue weighted by molar-refractivity contribution is -0.697. The second kappa shape index (κ2) is 39.0. The standard InChI is InChI=1S/2C19H34N.C6H10O4/c2*1-2-3-4-5-6-7-8-9-10-11-12-14-17-20-18-15-13-16-19-20;7-5(8)3-1-2-4-6(9)10/h2*13,15-16,18-19H,2-12,14,17H2,1H3;1-4H2,(H,7,8)(H,9,10)/q2*+1;/p-2. The molecule has 0 aliphatic carbocycles. The van der Waals surface area contributed by atoms with Gasteiger partial charge in [-0.2, -0.15) is 0 Å². The van der Waals surface area contributed by atoms with E-state index in [1.807, 2.05) is 0 Å². The Morgan fingerprint density at radius 2 is 0.600 bits per heavy atom. The number of rotatable bonds is 31. The third-order valence-corrected chi connectivity index (χ3v) is 9.11. The third kappa shape index (κ3) is 38.0. The Hall–Kier alpha value is -2.76. The summed E-state index contributed by atoms with van der Waals surface area (Å²) in [6, 6.07) is 12.6. The summed E-state index contributed by atoms with van der Waals surface area (Å²) in [7, 11) is 0. The van der Waals surface area contributed by atoms with Gasteiger partial charge in [0.2, 0.25) is 0 Å². The van der Waals surface area contributed by atoms with Crippen molar-refractivity contribution >= 4 is 11.9 Å². The quantitative estimate of drug-likeness (QED) is 0.0581. The van der Waals surface area contributed by atoms with Gasteiger partial charge in [0, 0.05) is 49.0 Å². The number of hydrogen-bond donors (Lipinski definition) is 0. The number of hydrogen-bond acceptors (Lipinski definition) is 4. The SMILES string of the molecule is CCCCCCCCCCCCCC[n+]1ccccc1.CCCCCCCCCCCCCC[n+]1ccccc1.O=C([O-])CCCCC(=O)[O-]. The molecule has 0 saturated carbocycles. The third-order valence-electron chi connectivity index (χ3n) is 9.11. The van der Waals surface area contributed by atoms with Gasteiger partial charge in [0.25, 0.3) is 0 Å². The number of aryl methyl sites for hydroxylation is 2. The van der Waals surface area contributed by atoms with E-state index in [-0.39, 0.29) is 12.8 Å². The van der Waals surface area contributed by atoms with Crippen LogP contribution in [0.2, 0.25) is 0 Å². The molecule has 0 saturated heterocycles. The molecule has 0 aliphatic rings. The summed E-state index contributed by atoms with van der Waals surface area (Å²) in [5, 5.41) is 19.5. The van der Waals surface area contributed by atoms with E-state index in [4.69, 9.17) is 0 Å². The number of carbonyl (C=O) groups is 2. The van der Waals surface area contributed by atoms with E-state index < -0.39 is 11.9 Å². The zero-order chi connectivity index (χ0) is 36.6. The summed E-state index contributed by atoms with van der Waals surface area (Å²) >= 11 is 0. The predicted molar refractivity (Wildman–Crippen MR) is 204 cm³/mol. The number of aliphatic carboxylic acids is 2. The summed E-state index contributed by atoms with van der Waals surface area (Å²) in [4.78, 5) is 19.5. The van der Waals surface area contributed by atoms with Crippen molar-refractivity contribution in [2.24, 2.45) is 0 Å². The molecule has 0 unspecified atom stereocenters. The molecule has 0 fully saturated rings. The molecule has 0 aromatic carbocycles. The van der Waals surface area contributed by atoms with Crippen LogP contribution in [0.4, 0.5) is 0 Å². The van der Waals surface area contributed by atoms with Crippen molar-refractivity contribution in [1.82, 2.24) is 0 Å². The Kier molecular flexibility index (Phi) is 36.9. The van der Waals surface area contributed by atoms with Gasteiger partial charge in [-0.15, -0.1) is 0 Å². The minimum absolute atomic E-state index is 0.0761. The van der Waals surface area contributed by atoms with E-state index in [2.05, 4.69) is 84.2 Å². The maximum absolute atomic E-state index is 9.77. The van der Waals surface area contributed by atoms with E-state index in [1.54, 1.807) is 0 Å². The van der Waals surface area contributed by atoms with Crippen LogP contribution in [-0.2, 0) is 22.7 Å². The summed E-state index contributed by atoms with van der Waals surface area (Å²) in [5.74, 6) is -2.28. The Morgan fingerprint density at radius 1 is 0.360 bits per heavy atom. The first kappa shape index (κ1) is 47.2. The monoisotopic (exact) mass is 697 g/mol. The maximum Gasteiger partial charge on any atom is 0.168 e. The first-order chi connectivity index (χ1) is 24.5. The van der Waals surface area contributed by atoms with Crippen LogP contribution >= 0.6 is 0 Å². The Balaban J connectivity index is 0.000000764. The number of carboxylic acids is 2. The van der Waals surface area contributed by atoms with E-state index >= 15 is 0 Å². The number of aromatic nitrogens is 2. The fourth-order valence-electron chi connectivity index (χ4n) is 5.98. The van der Waals surface area contributed by atoms with Gasteiger partial charge >= 0.3 is 0 Å². The average Bonchev–Trinajstić information content (AvgIpc) is 3.12. The van der Waals surface area contributed by atoms with Crippen molar-refractivity contribution in [3.05, 3.63) is 61.2 Å². The van der Waals surface area contributed by atoms with Crippen LogP contribution in [0.15, 0.2) is 61.2 Å². The molecule has 2 aromatic rings. The average molecular weight is 697 g/mol. The lowest BCUT2D eigenvalue weighted by Crippen LogP contribution is -2.32. The van der Waals surface area contributed by atoms with E-state index in [1.165, 1.54) is 167 Å². The lowest BCUT2D eigenvalue weighted by atomic mass is 10.1. The highest BCUT2D eigenvalue weighted by Crippen LogP contribution is 2.13. The molecule has 6 nitrogen and oxygen atoms in total. The number of pyridine rings is 2. The molecule has 286 valence electrons. The van der Waals surface area contributed by atoms with Crippen LogP contribution in [0.3, 0.4) is 0 Å². The Bertz CT molecular complexity index is 891. The van der Waals surface area contributed by atoms with Gasteiger partial charge in [-0.05, 0) is 38.5 Å². The van der Waals surface area contributed by atoms with Crippen LogP contribution in [-0.4, -0.2) is 11.9 Å². The van der Waals surface area contributed by atoms with Gasteiger partial charge in [-0.25, -0.2) is 9.13 Å². The summed E-state index contributed by atoms with van der Waals surface area (Å²) < 4.78 is 4.58. The zero-order valence-electron chi connectivity index (χ0n) is 32.5. The molecular formula is C44H76N2O4. The van der Waals surface area contributed by atoms with Gasteiger partial charge in [-0.3, -0.25) is 0 Å². The number of carbonyl (C=O) groups excluding carboxylic acids is 2. The normalized spacial score (nSPS) is 10.5. The highest BCUT2D eigenvalue weighted by Gasteiger charge is 1.99. The fourth-order valence-corrected chi connectivity index (χ4v) is 5.98. The van der Waals surface area contributed by atoms with Crippen molar-refractivity contribution < 1.29 is 28.9 Å². The maximum atomic E-state index is 9.77. The molecule has 0 N–H and O–H groups in total. The number of nitrogens with zero attached hydrogens (tertiary/aromatic N) is 2. The lowest BCUT2D eigenvalue weighted by Gasteiger charge is -2.02. The molecule has 0 bridgehead atoms. The molecular weight excluding hydrogens is 620 g/mol. The van der Waals surface area contributed by atoms with Crippen molar-refractivity contribution in [2.75, 3.05) is 0 Å².